The molecule has 0 rings (SSSR count). The molecule has 5 heteroatoms. The molecule has 0 saturated heterocycles. The van der Waals surface area contributed by atoms with E-state index in [0.717, 1.165) is 6.08 Å². The van der Waals surface area contributed by atoms with Gasteiger partial charge in [-0.25, -0.2) is 4.79 Å². The second-order valence-electron chi connectivity index (χ2n) is 2.41. The third-order valence-corrected chi connectivity index (χ3v) is 1.07. The van der Waals surface area contributed by atoms with Crippen LogP contribution in [-0.4, -0.2) is 31.4 Å². The average Bonchev–Trinajstić information content (AvgIpc) is 2.16. The largest absolute Gasteiger partial charge is 0.466 e. The van der Waals surface area contributed by atoms with Crippen LogP contribution in [0.2, 0.25) is 0 Å². The molecule has 15 heavy (non-hydrogen) atoms. The second kappa shape index (κ2) is 10.4. The highest BCUT2D eigenvalue weighted by Gasteiger charge is 2.03. The molecule has 0 unspecified atom stereocenters. The van der Waals surface area contributed by atoms with Gasteiger partial charge in [-0.3, -0.25) is 9.59 Å². The zero-order chi connectivity index (χ0) is 12.3. The van der Waals surface area contributed by atoms with Crippen LogP contribution in [-0.2, 0) is 23.9 Å². The number of methoxy groups -OCH3 is 1. The monoisotopic (exact) mass is 216 g/mol. The first-order valence-corrected chi connectivity index (χ1v) is 4.33. The Morgan fingerprint density at radius 1 is 1.33 bits per heavy atom. The molecular weight excluding hydrogens is 200 g/mol. The van der Waals surface area contributed by atoms with Crippen molar-refractivity contribution in [2.45, 2.75) is 20.3 Å². The van der Waals surface area contributed by atoms with Crippen molar-refractivity contribution >= 4 is 17.7 Å². The standard InChI is InChI=1S/C6H10O3.C4H6O2/c1-3-9-6(8)4-5(2)7;1-3-4(5)6-2/h3-4H2,1-2H3;3H,1H2,2H3. The van der Waals surface area contributed by atoms with Gasteiger partial charge in [0.05, 0.1) is 13.7 Å². The average molecular weight is 216 g/mol. The van der Waals surface area contributed by atoms with Crippen molar-refractivity contribution < 1.29 is 23.9 Å². The van der Waals surface area contributed by atoms with Gasteiger partial charge in [0.25, 0.3) is 0 Å². The second-order valence-corrected chi connectivity index (χ2v) is 2.41. The van der Waals surface area contributed by atoms with E-state index in [-0.39, 0.29) is 12.2 Å². The molecule has 0 N–H and O–H groups in total. The van der Waals surface area contributed by atoms with E-state index in [1.54, 1.807) is 6.92 Å². The minimum absolute atomic E-state index is 0.103. The van der Waals surface area contributed by atoms with Crippen molar-refractivity contribution in [3.05, 3.63) is 12.7 Å². The van der Waals surface area contributed by atoms with Crippen LogP contribution >= 0.6 is 0 Å². The van der Waals surface area contributed by atoms with Gasteiger partial charge in [-0.05, 0) is 13.8 Å². The number of Topliss-reactive ketones (excluding diaryl/α,β-unsaturated/α-hetero) is 1. The van der Waals surface area contributed by atoms with Gasteiger partial charge in [-0.1, -0.05) is 6.58 Å². The molecule has 0 aromatic rings. The van der Waals surface area contributed by atoms with Gasteiger partial charge in [-0.15, -0.1) is 0 Å². The van der Waals surface area contributed by atoms with Crippen LogP contribution in [0.1, 0.15) is 20.3 Å². The number of hydrogen-bond donors (Lipinski definition) is 0. The van der Waals surface area contributed by atoms with E-state index in [9.17, 15) is 14.4 Å². The number of carbonyl (C=O) groups excluding carboxylic acids is 3. The Morgan fingerprint density at radius 3 is 2.07 bits per heavy atom. The molecule has 0 radical (unpaired) electrons. The number of esters is 2. The topological polar surface area (TPSA) is 69.7 Å². The van der Waals surface area contributed by atoms with E-state index >= 15 is 0 Å². The van der Waals surface area contributed by atoms with Crippen LogP contribution < -0.4 is 0 Å². The molecule has 0 aliphatic carbocycles. The third-order valence-electron chi connectivity index (χ3n) is 1.07. The first-order chi connectivity index (χ1) is 6.97. The predicted molar refractivity (Wildman–Crippen MR) is 54.1 cm³/mol. The summed E-state index contributed by atoms with van der Waals surface area (Å²) in [6, 6.07) is 0. The van der Waals surface area contributed by atoms with Gasteiger partial charge in [0, 0.05) is 6.08 Å². The fourth-order valence-corrected chi connectivity index (χ4v) is 0.499. The lowest BCUT2D eigenvalue weighted by Crippen LogP contribution is -2.07. The van der Waals surface area contributed by atoms with Crippen LogP contribution in [0.25, 0.3) is 0 Å². The normalized spacial score (nSPS) is 7.93. The maximum absolute atomic E-state index is 10.4. The third kappa shape index (κ3) is 15.1. The van der Waals surface area contributed by atoms with Gasteiger partial charge < -0.3 is 9.47 Å². The molecule has 0 saturated carbocycles. The van der Waals surface area contributed by atoms with Crippen molar-refractivity contribution in [2.24, 2.45) is 0 Å². The summed E-state index contributed by atoms with van der Waals surface area (Å²) < 4.78 is 8.64. The molecule has 0 spiro atoms. The van der Waals surface area contributed by atoms with E-state index in [4.69, 9.17) is 0 Å². The minimum atomic E-state index is -0.440. The smallest absolute Gasteiger partial charge is 0.329 e. The molecule has 0 aliphatic rings. The summed E-state index contributed by atoms with van der Waals surface area (Å²) in [6.45, 7) is 6.56. The van der Waals surface area contributed by atoms with Gasteiger partial charge in [-0.2, -0.15) is 0 Å². The zero-order valence-corrected chi connectivity index (χ0v) is 9.24. The molecule has 0 bridgehead atoms. The van der Waals surface area contributed by atoms with Crippen molar-refractivity contribution in [2.75, 3.05) is 13.7 Å². The summed E-state index contributed by atoms with van der Waals surface area (Å²) in [6.07, 6.45) is 1.01. The minimum Gasteiger partial charge on any atom is -0.466 e. The van der Waals surface area contributed by atoms with Crippen LogP contribution in [0.3, 0.4) is 0 Å². The van der Waals surface area contributed by atoms with Crippen LogP contribution in [0, 0.1) is 0 Å². The zero-order valence-electron chi connectivity index (χ0n) is 9.24. The molecule has 86 valence electrons. The van der Waals surface area contributed by atoms with E-state index in [0.29, 0.717) is 6.61 Å². The van der Waals surface area contributed by atoms with Crippen LogP contribution in [0.5, 0.6) is 0 Å². The number of hydrogen-bond acceptors (Lipinski definition) is 5. The fourth-order valence-electron chi connectivity index (χ4n) is 0.499. The van der Waals surface area contributed by atoms with Crippen molar-refractivity contribution in [3.8, 4) is 0 Å². The Morgan fingerprint density at radius 2 is 1.87 bits per heavy atom. The Kier molecular flexibility index (Phi) is 11.0. The molecular formula is C10H16O5. The lowest BCUT2D eigenvalue weighted by atomic mass is 10.3. The number of ether oxygens (including phenoxy) is 2. The van der Waals surface area contributed by atoms with Gasteiger partial charge in [0.2, 0.25) is 0 Å². The Bertz CT molecular complexity index is 232. The summed E-state index contributed by atoms with van der Waals surface area (Å²) in [5, 5.41) is 0. The van der Waals surface area contributed by atoms with Crippen molar-refractivity contribution in [1.29, 1.82) is 0 Å². The fraction of sp³-hybridized carbons (Fsp3) is 0.500. The van der Waals surface area contributed by atoms with E-state index in [1.165, 1.54) is 14.0 Å². The summed E-state index contributed by atoms with van der Waals surface area (Å²) in [5.41, 5.74) is 0. The molecule has 0 aliphatic heterocycles. The highest BCUT2D eigenvalue weighted by atomic mass is 16.5. The summed E-state index contributed by atoms with van der Waals surface area (Å²) in [4.78, 5) is 30.5. The number of ketones is 1. The van der Waals surface area contributed by atoms with E-state index < -0.39 is 11.9 Å². The van der Waals surface area contributed by atoms with Gasteiger partial charge in [0.15, 0.2) is 0 Å². The van der Waals surface area contributed by atoms with Crippen molar-refractivity contribution in [1.82, 2.24) is 0 Å². The maximum atomic E-state index is 10.4. The van der Waals surface area contributed by atoms with E-state index in [2.05, 4.69) is 16.1 Å². The summed E-state index contributed by atoms with van der Waals surface area (Å²) in [5.74, 6) is -0.992. The predicted octanol–water partition coefficient (Wildman–Crippen LogP) is 0.874. The molecule has 0 amide bonds. The lowest BCUT2D eigenvalue weighted by molar-refractivity contribution is -0.145. The molecule has 0 aromatic heterocycles. The van der Waals surface area contributed by atoms with Crippen LogP contribution in [0.4, 0.5) is 0 Å². The highest BCUT2D eigenvalue weighted by Crippen LogP contribution is 1.86. The van der Waals surface area contributed by atoms with Crippen molar-refractivity contribution in [3.63, 3.8) is 0 Å². The van der Waals surface area contributed by atoms with Crippen LogP contribution in [0.15, 0.2) is 12.7 Å². The first kappa shape index (κ1) is 15.8. The lowest BCUT2D eigenvalue weighted by Gasteiger charge is -1.96. The Hall–Kier alpha value is -1.65. The molecule has 0 fully saturated rings. The SMILES string of the molecule is C=CC(=O)OC.CCOC(=O)CC(C)=O. The first-order valence-electron chi connectivity index (χ1n) is 4.33. The molecule has 0 aromatic carbocycles. The van der Waals surface area contributed by atoms with Gasteiger partial charge >= 0.3 is 11.9 Å². The Labute approximate surface area is 89.1 Å². The Balaban J connectivity index is 0. The van der Waals surface area contributed by atoms with E-state index in [1.807, 2.05) is 0 Å². The number of rotatable bonds is 4. The quantitative estimate of drug-likeness (QED) is 0.396. The highest BCUT2D eigenvalue weighted by molar-refractivity contribution is 5.94. The number of carbonyl (C=O) groups is 3. The van der Waals surface area contributed by atoms with Gasteiger partial charge in [0.1, 0.15) is 12.2 Å². The summed E-state index contributed by atoms with van der Waals surface area (Å²) >= 11 is 0. The summed E-state index contributed by atoms with van der Waals surface area (Å²) in [7, 11) is 1.31. The molecule has 0 atom stereocenters. The molecule has 0 heterocycles. The maximum Gasteiger partial charge on any atom is 0.329 e. The molecule has 5 nitrogen and oxygen atoms in total.